The van der Waals surface area contributed by atoms with Gasteiger partial charge in [0.25, 0.3) is 5.69 Å². The number of nitrogens with one attached hydrogen (secondary N) is 1. The molecule has 5 nitrogen and oxygen atoms in total. The van der Waals surface area contributed by atoms with E-state index in [2.05, 4.69) is 9.97 Å². The number of aryl methyl sites for hydroxylation is 1. The fourth-order valence-electron chi connectivity index (χ4n) is 1.50. The third kappa shape index (κ3) is 1.59. The maximum absolute atomic E-state index is 10.9. The summed E-state index contributed by atoms with van der Waals surface area (Å²) in [7, 11) is 0. The van der Waals surface area contributed by atoms with Crippen LogP contribution in [0.5, 0.6) is 0 Å². The van der Waals surface area contributed by atoms with E-state index in [0.717, 1.165) is 0 Å². The van der Waals surface area contributed by atoms with Crippen molar-refractivity contribution in [2.75, 3.05) is 0 Å². The molecule has 0 aliphatic carbocycles. The average Bonchev–Trinajstić information content (AvgIpc) is 2.69. The van der Waals surface area contributed by atoms with Gasteiger partial charge in [-0.05, 0) is 13.0 Å². The molecule has 1 aromatic carbocycles. The summed E-state index contributed by atoms with van der Waals surface area (Å²) in [6.07, 6.45) is 3.21. The molecule has 0 bridgehead atoms. The molecule has 2 rings (SSSR count). The molecule has 0 aliphatic heterocycles. The highest BCUT2D eigenvalue weighted by atomic mass is 16.6. The quantitative estimate of drug-likeness (QED) is 0.601. The Morgan fingerprint density at radius 1 is 1.47 bits per heavy atom. The largest absolute Gasteiger partial charge is 0.344 e. The third-order valence-electron chi connectivity index (χ3n) is 2.17. The van der Waals surface area contributed by atoms with E-state index in [-0.39, 0.29) is 10.6 Å². The summed E-state index contributed by atoms with van der Waals surface area (Å²) in [5.74, 6) is 0.519. The normalized spacial score (nSPS) is 10.2. The Morgan fingerprint density at radius 3 is 2.87 bits per heavy atom. The standard InChI is InChI=1S/C10H9N3O2/c1-7-3-2-4-8(9(7)13(14)15)10-11-5-6-12-10/h2-6H,1H3,(H,11,12). The third-order valence-corrected chi connectivity index (χ3v) is 2.17. The Labute approximate surface area is 85.9 Å². The van der Waals surface area contributed by atoms with Gasteiger partial charge in [-0.1, -0.05) is 12.1 Å². The smallest absolute Gasteiger partial charge is 0.283 e. The molecular weight excluding hydrogens is 194 g/mol. The van der Waals surface area contributed by atoms with Gasteiger partial charge in [-0.2, -0.15) is 0 Å². The summed E-state index contributed by atoms with van der Waals surface area (Å²) in [5, 5.41) is 10.9. The van der Waals surface area contributed by atoms with Gasteiger partial charge in [-0.3, -0.25) is 10.1 Å². The summed E-state index contributed by atoms with van der Waals surface area (Å²) < 4.78 is 0. The van der Waals surface area contributed by atoms with Gasteiger partial charge in [-0.25, -0.2) is 4.98 Å². The molecule has 5 heteroatoms. The Bertz CT molecular complexity index is 491. The van der Waals surface area contributed by atoms with E-state index in [4.69, 9.17) is 0 Å². The van der Waals surface area contributed by atoms with E-state index in [1.54, 1.807) is 37.5 Å². The predicted molar refractivity (Wildman–Crippen MR) is 55.4 cm³/mol. The van der Waals surface area contributed by atoms with Gasteiger partial charge < -0.3 is 4.98 Å². The average molecular weight is 203 g/mol. The number of nitro benzene ring substituents is 1. The Kier molecular flexibility index (Phi) is 2.21. The summed E-state index contributed by atoms with van der Waals surface area (Å²) in [4.78, 5) is 17.4. The van der Waals surface area contributed by atoms with E-state index in [0.29, 0.717) is 17.0 Å². The van der Waals surface area contributed by atoms with E-state index in [1.165, 1.54) is 0 Å². The zero-order valence-electron chi connectivity index (χ0n) is 8.10. The van der Waals surface area contributed by atoms with Crippen LogP contribution < -0.4 is 0 Å². The number of nitrogens with zero attached hydrogens (tertiary/aromatic N) is 2. The van der Waals surface area contributed by atoms with Crippen molar-refractivity contribution in [3.05, 3.63) is 46.3 Å². The van der Waals surface area contributed by atoms with Crippen molar-refractivity contribution >= 4 is 5.69 Å². The molecule has 0 spiro atoms. The van der Waals surface area contributed by atoms with Gasteiger partial charge >= 0.3 is 0 Å². The van der Waals surface area contributed by atoms with Crippen molar-refractivity contribution in [3.63, 3.8) is 0 Å². The molecule has 0 aliphatic rings. The molecule has 1 aromatic heterocycles. The molecule has 1 heterocycles. The number of hydrogen-bond donors (Lipinski definition) is 1. The van der Waals surface area contributed by atoms with Crippen molar-refractivity contribution in [1.82, 2.24) is 9.97 Å². The SMILES string of the molecule is Cc1cccc(-c2ncc[nH]2)c1[N+](=O)[O-]. The molecule has 0 saturated heterocycles. The van der Waals surface area contributed by atoms with Crippen LogP contribution in [0, 0.1) is 17.0 Å². The topological polar surface area (TPSA) is 71.8 Å². The summed E-state index contributed by atoms with van der Waals surface area (Å²) in [6.45, 7) is 1.71. The highest BCUT2D eigenvalue weighted by Gasteiger charge is 2.19. The maximum atomic E-state index is 10.9. The lowest BCUT2D eigenvalue weighted by molar-refractivity contribution is -0.384. The fourth-order valence-corrected chi connectivity index (χ4v) is 1.50. The number of H-pyrrole nitrogens is 1. The monoisotopic (exact) mass is 203 g/mol. The minimum absolute atomic E-state index is 0.104. The van der Waals surface area contributed by atoms with Crippen LogP contribution in [0.3, 0.4) is 0 Å². The van der Waals surface area contributed by atoms with Crippen molar-refractivity contribution in [2.45, 2.75) is 6.92 Å². The van der Waals surface area contributed by atoms with Crippen molar-refractivity contribution in [2.24, 2.45) is 0 Å². The summed E-state index contributed by atoms with van der Waals surface area (Å²) >= 11 is 0. The minimum atomic E-state index is -0.382. The molecule has 0 atom stereocenters. The van der Waals surface area contributed by atoms with Gasteiger partial charge in [-0.15, -0.1) is 0 Å². The van der Waals surface area contributed by atoms with E-state index in [1.807, 2.05) is 0 Å². The molecule has 0 amide bonds. The van der Waals surface area contributed by atoms with Crippen LogP contribution in [0.2, 0.25) is 0 Å². The van der Waals surface area contributed by atoms with Crippen molar-refractivity contribution in [1.29, 1.82) is 0 Å². The van der Waals surface area contributed by atoms with Crippen LogP contribution >= 0.6 is 0 Å². The van der Waals surface area contributed by atoms with Gasteiger partial charge in [0.1, 0.15) is 5.82 Å². The number of nitro groups is 1. The van der Waals surface area contributed by atoms with Crippen LogP contribution in [0.25, 0.3) is 11.4 Å². The van der Waals surface area contributed by atoms with Crippen molar-refractivity contribution < 1.29 is 4.92 Å². The number of rotatable bonds is 2. The second kappa shape index (κ2) is 3.53. The van der Waals surface area contributed by atoms with E-state index < -0.39 is 0 Å². The van der Waals surface area contributed by atoms with Crippen molar-refractivity contribution in [3.8, 4) is 11.4 Å². The first-order chi connectivity index (χ1) is 7.20. The Morgan fingerprint density at radius 2 is 2.27 bits per heavy atom. The molecule has 0 unspecified atom stereocenters. The van der Waals surface area contributed by atoms with Crippen LogP contribution in [-0.4, -0.2) is 14.9 Å². The number of imidazole rings is 1. The molecule has 76 valence electrons. The zero-order chi connectivity index (χ0) is 10.8. The van der Waals surface area contributed by atoms with E-state index >= 15 is 0 Å². The Balaban J connectivity index is 2.66. The van der Waals surface area contributed by atoms with E-state index in [9.17, 15) is 10.1 Å². The van der Waals surface area contributed by atoms with Gasteiger partial charge in [0, 0.05) is 18.0 Å². The first-order valence-electron chi connectivity index (χ1n) is 4.44. The fraction of sp³-hybridized carbons (Fsp3) is 0.100. The zero-order valence-corrected chi connectivity index (χ0v) is 8.10. The van der Waals surface area contributed by atoms with Crippen LogP contribution in [0.1, 0.15) is 5.56 Å². The van der Waals surface area contributed by atoms with Crippen LogP contribution in [-0.2, 0) is 0 Å². The first kappa shape index (κ1) is 9.39. The highest BCUT2D eigenvalue weighted by Crippen LogP contribution is 2.29. The van der Waals surface area contributed by atoms with Gasteiger partial charge in [0.15, 0.2) is 0 Å². The molecular formula is C10H9N3O2. The Hall–Kier alpha value is -2.17. The number of para-hydroxylation sites is 1. The second-order valence-corrected chi connectivity index (χ2v) is 3.17. The molecule has 0 saturated carbocycles. The molecule has 0 fully saturated rings. The molecule has 1 N–H and O–H groups in total. The lowest BCUT2D eigenvalue weighted by atomic mass is 10.1. The van der Waals surface area contributed by atoms with Gasteiger partial charge in [0.2, 0.25) is 0 Å². The second-order valence-electron chi connectivity index (χ2n) is 3.17. The minimum Gasteiger partial charge on any atom is -0.344 e. The maximum Gasteiger partial charge on any atom is 0.283 e. The number of aromatic amines is 1. The van der Waals surface area contributed by atoms with Crippen LogP contribution in [0.15, 0.2) is 30.6 Å². The summed E-state index contributed by atoms with van der Waals surface area (Å²) in [6, 6.07) is 5.18. The first-order valence-corrected chi connectivity index (χ1v) is 4.44. The number of aromatic nitrogens is 2. The molecule has 0 radical (unpaired) electrons. The number of benzene rings is 1. The molecule has 15 heavy (non-hydrogen) atoms. The highest BCUT2D eigenvalue weighted by molar-refractivity contribution is 5.70. The number of hydrogen-bond acceptors (Lipinski definition) is 3. The summed E-state index contributed by atoms with van der Waals surface area (Å²) in [5.41, 5.74) is 1.26. The van der Waals surface area contributed by atoms with Crippen LogP contribution in [0.4, 0.5) is 5.69 Å². The molecule has 2 aromatic rings. The lowest BCUT2D eigenvalue weighted by Crippen LogP contribution is -1.95. The predicted octanol–water partition coefficient (Wildman–Crippen LogP) is 2.29. The lowest BCUT2D eigenvalue weighted by Gasteiger charge is -2.01. The van der Waals surface area contributed by atoms with Gasteiger partial charge in [0.05, 0.1) is 10.5 Å².